The number of aryl methyl sites for hydroxylation is 1. The number of anilines is 1. The quantitative estimate of drug-likeness (QED) is 0.0232. The molecule has 2 aromatic heterocycles. The number of hydrogen-bond acceptors (Lipinski definition) is 13. The lowest BCUT2D eigenvalue weighted by Gasteiger charge is -2.31. The number of thiazole rings is 1. The van der Waals surface area contributed by atoms with Gasteiger partial charge >= 0.3 is 0 Å². The van der Waals surface area contributed by atoms with Crippen LogP contribution in [0.3, 0.4) is 0 Å². The minimum atomic E-state index is -5.29. The van der Waals surface area contributed by atoms with E-state index in [4.69, 9.17) is 9.83 Å². The Morgan fingerprint density at radius 3 is 2.24 bits per heavy atom. The Morgan fingerprint density at radius 1 is 0.854 bits per heavy atom. The monoisotopic (exact) mass is 1180 g/mol. The van der Waals surface area contributed by atoms with Gasteiger partial charge in [-0.25, -0.2) is 35.3 Å². The van der Waals surface area contributed by atoms with Gasteiger partial charge < -0.3 is 39.3 Å². The van der Waals surface area contributed by atoms with Gasteiger partial charge in [0.2, 0.25) is 39.4 Å². The topological polar surface area (TPSA) is 251 Å². The average molecular weight is 1180 g/mol. The van der Waals surface area contributed by atoms with Crippen molar-refractivity contribution in [3.05, 3.63) is 130 Å². The van der Waals surface area contributed by atoms with E-state index in [-0.39, 0.29) is 61.0 Å². The summed E-state index contributed by atoms with van der Waals surface area (Å²) in [6.07, 6.45) is 5.82. The molecular weight excluding hydrogens is 1100 g/mol. The van der Waals surface area contributed by atoms with Crippen LogP contribution in [0.25, 0.3) is 33.4 Å². The molecular formula is C59H76N11O9S3+. The van der Waals surface area contributed by atoms with E-state index in [9.17, 15) is 35.8 Å². The molecule has 8 rings (SSSR count). The van der Waals surface area contributed by atoms with Gasteiger partial charge in [0.05, 0.1) is 29.3 Å². The van der Waals surface area contributed by atoms with E-state index >= 15 is 0 Å². The molecule has 1 aliphatic carbocycles. The Bertz CT molecular complexity index is 3740. The lowest BCUT2D eigenvalue weighted by Crippen LogP contribution is -2.56. The smallest absolute Gasteiger partial charge is 0.244 e. The van der Waals surface area contributed by atoms with Crippen LogP contribution < -0.4 is 44.9 Å². The summed E-state index contributed by atoms with van der Waals surface area (Å²) >= 11 is 1.17. The van der Waals surface area contributed by atoms with Gasteiger partial charge in [0, 0.05) is 90.1 Å². The Morgan fingerprint density at radius 2 is 1.57 bits per heavy atom. The summed E-state index contributed by atoms with van der Waals surface area (Å²) in [5.41, 5.74) is 4.71. The number of rotatable bonds is 25. The van der Waals surface area contributed by atoms with Crippen molar-refractivity contribution >= 4 is 65.9 Å². The Labute approximate surface area is 484 Å². The number of aromatic nitrogens is 3. The molecule has 1 fully saturated rings. The van der Waals surface area contributed by atoms with Crippen LogP contribution in [0.4, 0.5) is 5.69 Å². The molecule has 2 atom stereocenters. The van der Waals surface area contributed by atoms with Crippen LogP contribution in [-0.2, 0) is 68.0 Å². The first kappa shape index (κ1) is 61.1. The number of carbonyl (C=O) groups is 3. The predicted octanol–water partition coefficient (Wildman–Crippen LogP) is 4.43. The highest BCUT2D eigenvalue weighted by Gasteiger charge is 2.32. The molecule has 3 aliphatic rings. The van der Waals surface area contributed by atoms with E-state index < -0.39 is 53.8 Å². The Hall–Kier alpha value is -7.02. The van der Waals surface area contributed by atoms with Crippen LogP contribution in [0.2, 0.25) is 0 Å². The molecule has 1 saturated heterocycles. The molecule has 0 bridgehead atoms. The molecule has 3 amide bonds. The number of fused-ring (bicyclic) bond motifs is 2. The highest BCUT2D eigenvalue weighted by Crippen LogP contribution is 2.43. The normalized spacial score (nSPS) is 14.2. The van der Waals surface area contributed by atoms with Crippen molar-refractivity contribution in [1.82, 2.24) is 39.3 Å². The first-order valence-electron chi connectivity index (χ1n) is 28.0. The fourth-order valence-electron chi connectivity index (χ4n) is 10.7. The first-order chi connectivity index (χ1) is 39.2. The molecule has 5 aromatic rings. The number of hydrogen-bond donors (Lipinski definition) is 5. The molecule has 2 aliphatic heterocycles. The summed E-state index contributed by atoms with van der Waals surface area (Å²) < 4.78 is 84.8. The minimum absolute atomic E-state index is 0.0158. The van der Waals surface area contributed by atoms with Gasteiger partial charge in [0.15, 0.2) is 4.80 Å². The number of carbonyl (C=O) groups excluding carboxylic acids is 3. The number of benzene rings is 4. The number of piperidine rings is 1. The SMILES string of the molecule is CCN(CC)c1ccc2c(-c3ccc(S(=O)(=O)NCCCC[C@H](NC(=O)Cc4csc(=N)n4C)C(=O)N[C@@H](Cc4c[n+](Cc5ccccc5)cn4C)C(=O)NC4CCN(C)CC4)cc3S(=O)(=O)[O-])c3ccc(=[N+](CC)CC)cc-3oc2c1. The van der Waals surface area contributed by atoms with E-state index in [2.05, 4.69) is 35.0 Å². The third-order valence-corrected chi connectivity index (χ3v) is 18.6. The lowest BCUT2D eigenvalue weighted by molar-refractivity contribution is -0.688. The van der Waals surface area contributed by atoms with Gasteiger partial charge in [-0.1, -0.05) is 36.4 Å². The number of likely N-dealkylation sites (tertiary alicyclic amines) is 1. The molecule has 4 heterocycles. The van der Waals surface area contributed by atoms with Crippen LogP contribution in [0.5, 0.6) is 0 Å². The zero-order valence-corrected chi connectivity index (χ0v) is 50.2. The Kier molecular flexibility index (Phi) is 20.0. The summed E-state index contributed by atoms with van der Waals surface area (Å²) in [5.74, 6) is -1.00. The van der Waals surface area contributed by atoms with Crippen molar-refractivity contribution < 1.29 is 44.8 Å². The number of nitrogens with one attached hydrogen (secondary N) is 5. The van der Waals surface area contributed by atoms with Gasteiger partial charge in [-0.2, -0.15) is 0 Å². The van der Waals surface area contributed by atoms with Gasteiger partial charge in [-0.3, -0.25) is 19.8 Å². The highest BCUT2D eigenvalue weighted by atomic mass is 32.2. The second kappa shape index (κ2) is 26.9. The van der Waals surface area contributed by atoms with E-state index in [1.165, 1.54) is 23.5 Å². The fourth-order valence-corrected chi connectivity index (χ4v) is 13.3. The van der Waals surface area contributed by atoms with Gasteiger partial charge in [-0.05, 0) is 116 Å². The number of unbranched alkanes of at least 4 members (excludes halogenated alkanes) is 1. The standard InChI is InChI=1S/C59H75N11O9S3/c1-8-69(9-2)42-20-23-47-52(32-42)79-53-33-43(70(10-3)11-4)21-24-48(53)56(47)49-25-22-46(35-54(49)82(76,77)78)81(74,75)61-28-16-15-19-50(63-55(71)34-45-38-80-59(60)67(45)7)57(72)64-51(58(73)62-41-26-29-65(5)30-27-41)31-44-37-68(39-66(44)6)36-40-17-13-12-14-18-40/h12-14,17-18,20-25,32-33,35,37-39,41,50-51,60-61H,8-11,15-16,19,26-31,34,36H2,1-7H3,(H2-2,62,63,64,71,72,73,76,77,78)/p+1/t50-,51-/m0/s1. The van der Waals surface area contributed by atoms with Crippen molar-refractivity contribution in [2.45, 2.75) is 107 Å². The highest BCUT2D eigenvalue weighted by molar-refractivity contribution is 7.89. The maximum Gasteiger partial charge on any atom is 0.244 e. The maximum absolute atomic E-state index is 14.6. The second-order valence-electron chi connectivity index (χ2n) is 20.9. The number of imidazole rings is 1. The van der Waals surface area contributed by atoms with Crippen molar-refractivity contribution in [3.8, 4) is 22.5 Å². The van der Waals surface area contributed by atoms with E-state index in [0.717, 1.165) is 80.5 Å². The molecule has 3 aromatic carbocycles. The van der Waals surface area contributed by atoms with Crippen molar-refractivity contribution in [2.24, 2.45) is 14.1 Å². The lowest BCUT2D eigenvalue weighted by atomic mass is 9.93. The molecule has 20 nitrogen and oxygen atoms in total. The molecule has 0 unspecified atom stereocenters. The van der Waals surface area contributed by atoms with Crippen LogP contribution in [-0.4, -0.2) is 124 Å². The van der Waals surface area contributed by atoms with Gasteiger partial charge in [-0.15, -0.1) is 11.3 Å². The number of sulfonamides is 1. The largest absolute Gasteiger partial charge is 0.744 e. The fraction of sp³-hybridized carbons (Fsp3) is 0.424. The van der Waals surface area contributed by atoms with E-state index in [1.807, 2.05) is 130 Å². The van der Waals surface area contributed by atoms with Crippen molar-refractivity contribution in [2.75, 3.05) is 57.8 Å². The average Bonchev–Trinajstić information content (AvgIpc) is 2.08. The molecule has 0 radical (unpaired) electrons. The van der Waals surface area contributed by atoms with E-state index in [0.29, 0.717) is 40.1 Å². The third kappa shape index (κ3) is 14.8. The summed E-state index contributed by atoms with van der Waals surface area (Å²) in [6.45, 7) is 13.1. The zero-order chi connectivity index (χ0) is 58.9. The summed E-state index contributed by atoms with van der Waals surface area (Å²) in [5, 5.41) is 20.3. The first-order valence-corrected chi connectivity index (χ1v) is 31.7. The maximum atomic E-state index is 14.6. The molecule has 23 heteroatoms. The summed E-state index contributed by atoms with van der Waals surface area (Å²) in [6, 6.07) is 22.4. The minimum Gasteiger partial charge on any atom is -0.744 e. The molecule has 0 spiro atoms. The van der Waals surface area contributed by atoms with Crippen LogP contribution in [0, 0.1) is 5.41 Å². The van der Waals surface area contributed by atoms with Crippen molar-refractivity contribution in [3.63, 3.8) is 0 Å². The number of nitrogens with zero attached hydrogens (tertiary/aromatic N) is 6. The van der Waals surface area contributed by atoms with E-state index in [1.54, 1.807) is 17.0 Å². The predicted molar refractivity (Wildman–Crippen MR) is 315 cm³/mol. The molecule has 0 saturated carbocycles. The van der Waals surface area contributed by atoms with Crippen LogP contribution in [0.15, 0.2) is 117 Å². The molecule has 5 N–H and O–H groups in total. The zero-order valence-electron chi connectivity index (χ0n) is 47.7. The third-order valence-electron chi connectivity index (χ3n) is 15.4. The van der Waals surface area contributed by atoms with Gasteiger partial charge in [0.1, 0.15) is 65.1 Å². The summed E-state index contributed by atoms with van der Waals surface area (Å²) in [4.78, 5) is 45.9. The molecule has 82 heavy (non-hydrogen) atoms. The van der Waals surface area contributed by atoms with Crippen LogP contribution in [0.1, 0.15) is 76.8 Å². The Balaban J connectivity index is 1.03. The molecule has 438 valence electrons. The summed E-state index contributed by atoms with van der Waals surface area (Å²) in [7, 11) is -4.14. The van der Waals surface area contributed by atoms with Gasteiger partial charge in [0.25, 0.3) is 0 Å². The van der Waals surface area contributed by atoms with Crippen molar-refractivity contribution in [1.29, 1.82) is 5.41 Å². The van der Waals surface area contributed by atoms with Crippen LogP contribution >= 0.6 is 11.3 Å². The number of amides is 3. The second-order valence-corrected chi connectivity index (χ2v) is 24.9.